The van der Waals surface area contributed by atoms with Crippen LogP contribution in [0.1, 0.15) is 10.4 Å². The van der Waals surface area contributed by atoms with E-state index in [1.165, 1.54) is 4.90 Å². The molecule has 1 aromatic heterocycles. The van der Waals surface area contributed by atoms with Gasteiger partial charge < -0.3 is 19.7 Å². The van der Waals surface area contributed by atoms with Crippen LogP contribution in [0.3, 0.4) is 0 Å². The van der Waals surface area contributed by atoms with Crippen molar-refractivity contribution in [2.45, 2.75) is 0 Å². The molecule has 0 saturated heterocycles. The highest BCUT2D eigenvalue weighted by molar-refractivity contribution is 6.05. The van der Waals surface area contributed by atoms with E-state index < -0.39 is 18.5 Å². The molecule has 0 aliphatic carbocycles. The lowest BCUT2D eigenvalue weighted by molar-refractivity contribution is -0.131. The van der Waals surface area contributed by atoms with Gasteiger partial charge in [-0.25, -0.2) is 9.78 Å². The zero-order chi connectivity index (χ0) is 22.4. The number of amides is 2. The van der Waals surface area contributed by atoms with Crippen LogP contribution in [0, 0.1) is 0 Å². The maximum atomic E-state index is 12.8. The fraction of sp³-hybridized carbons (Fsp3) is 0.217. The molecule has 0 fully saturated rings. The molecule has 2 amide bonds. The number of carbonyl (C=O) groups excluding carboxylic acids is 3. The quantitative estimate of drug-likeness (QED) is 0.588. The van der Waals surface area contributed by atoms with Crippen LogP contribution in [-0.4, -0.2) is 62.0 Å². The minimum atomic E-state index is -0.651. The molecule has 0 spiro atoms. The summed E-state index contributed by atoms with van der Waals surface area (Å²) in [5.74, 6) is -0.758. The maximum Gasteiger partial charge on any atom is 0.339 e. The highest BCUT2D eigenvalue weighted by Gasteiger charge is 2.17. The smallest absolute Gasteiger partial charge is 0.339 e. The Morgan fingerprint density at radius 2 is 1.74 bits per heavy atom. The number of ether oxygens (including phenoxy) is 2. The Balaban J connectivity index is 1.80. The largest absolute Gasteiger partial charge is 0.497 e. The molecule has 8 nitrogen and oxygen atoms in total. The number of methoxy groups -OCH3 is 1. The molecule has 31 heavy (non-hydrogen) atoms. The first-order chi connectivity index (χ1) is 14.9. The second-order valence-electron chi connectivity index (χ2n) is 6.94. The summed E-state index contributed by atoms with van der Waals surface area (Å²) in [5, 5.41) is 3.04. The third-order valence-electron chi connectivity index (χ3n) is 4.59. The van der Waals surface area contributed by atoms with Crippen LogP contribution in [0.2, 0.25) is 0 Å². The summed E-state index contributed by atoms with van der Waals surface area (Å²) in [6.07, 6.45) is 0. The van der Waals surface area contributed by atoms with Crippen molar-refractivity contribution in [2.75, 3.05) is 34.4 Å². The molecular weight excluding hydrogens is 398 g/mol. The van der Waals surface area contributed by atoms with Crippen molar-refractivity contribution in [2.24, 2.45) is 0 Å². The zero-order valence-electron chi connectivity index (χ0n) is 17.5. The number of hydrogen-bond acceptors (Lipinski definition) is 6. The lowest BCUT2D eigenvalue weighted by atomic mass is 10.0. The van der Waals surface area contributed by atoms with Gasteiger partial charge in [0.1, 0.15) is 5.75 Å². The van der Waals surface area contributed by atoms with Crippen molar-refractivity contribution in [3.8, 4) is 17.0 Å². The Bertz CT molecular complexity index is 1110. The Morgan fingerprint density at radius 3 is 2.42 bits per heavy atom. The summed E-state index contributed by atoms with van der Waals surface area (Å²) < 4.78 is 10.4. The Labute approximate surface area is 179 Å². The van der Waals surface area contributed by atoms with Crippen molar-refractivity contribution in [3.05, 3.63) is 60.2 Å². The Hall–Kier alpha value is -3.94. The molecule has 0 aliphatic heterocycles. The van der Waals surface area contributed by atoms with E-state index in [0.29, 0.717) is 27.9 Å². The Kier molecular flexibility index (Phi) is 6.81. The number of pyridine rings is 1. The molecule has 8 heteroatoms. The van der Waals surface area contributed by atoms with E-state index in [-0.39, 0.29) is 12.5 Å². The van der Waals surface area contributed by atoms with E-state index in [4.69, 9.17) is 9.47 Å². The van der Waals surface area contributed by atoms with Crippen molar-refractivity contribution in [1.82, 2.24) is 15.2 Å². The zero-order valence-corrected chi connectivity index (χ0v) is 17.5. The van der Waals surface area contributed by atoms with Crippen LogP contribution in [0.4, 0.5) is 0 Å². The van der Waals surface area contributed by atoms with Crippen LogP contribution in [0.5, 0.6) is 5.75 Å². The normalized spacial score (nSPS) is 10.4. The van der Waals surface area contributed by atoms with Gasteiger partial charge in [-0.1, -0.05) is 18.2 Å². The first kappa shape index (κ1) is 21.8. The van der Waals surface area contributed by atoms with Gasteiger partial charge in [-0.05, 0) is 36.4 Å². The molecule has 0 saturated carbocycles. The summed E-state index contributed by atoms with van der Waals surface area (Å²) in [6.45, 7) is -0.656. The van der Waals surface area contributed by atoms with E-state index in [0.717, 1.165) is 5.56 Å². The first-order valence-corrected chi connectivity index (χ1v) is 9.57. The second-order valence-corrected chi connectivity index (χ2v) is 6.94. The molecule has 0 aliphatic rings. The van der Waals surface area contributed by atoms with Gasteiger partial charge in [-0.2, -0.15) is 0 Å². The maximum absolute atomic E-state index is 12.8. The van der Waals surface area contributed by atoms with Crippen molar-refractivity contribution in [1.29, 1.82) is 0 Å². The van der Waals surface area contributed by atoms with E-state index in [1.54, 1.807) is 45.5 Å². The van der Waals surface area contributed by atoms with Gasteiger partial charge in [0.05, 0.1) is 30.4 Å². The van der Waals surface area contributed by atoms with Gasteiger partial charge in [-0.3, -0.25) is 9.59 Å². The topological polar surface area (TPSA) is 97.8 Å². The SMILES string of the molecule is COc1ccc(-c2cc(C(=O)OCC(=O)NCC(=O)N(C)C)c3ccccc3n2)cc1. The molecule has 0 unspecified atom stereocenters. The Morgan fingerprint density at radius 1 is 1.03 bits per heavy atom. The number of benzene rings is 2. The van der Waals surface area contributed by atoms with Crippen LogP contribution >= 0.6 is 0 Å². The number of para-hydroxylation sites is 1. The van der Waals surface area contributed by atoms with Gasteiger partial charge in [0, 0.05) is 25.0 Å². The number of nitrogens with one attached hydrogen (secondary N) is 1. The van der Waals surface area contributed by atoms with Gasteiger partial charge in [-0.15, -0.1) is 0 Å². The summed E-state index contributed by atoms with van der Waals surface area (Å²) in [7, 11) is 4.76. The third kappa shape index (κ3) is 5.36. The predicted octanol–water partition coefficient (Wildman–Crippen LogP) is 2.27. The summed E-state index contributed by atoms with van der Waals surface area (Å²) in [5.41, 5.74) is 2.33. The van der Waals surface area contributed by atoms with E-state index >= 15 is 0 Å². The number of likely N-dealkylation sites (N-methyl/N-ethyl adjacent to an activating group) is 1. The van der Waals surface area contributed by atoms with Crippen molar-refractivity contribution < 1.29 is 23.9 Å². The highest BCUT2D eigenvalue weighted by Crippen LogP contribution is 2.26. The van der Waals surface area contributed by atoms with Crippen LogP contribution in [-0.2, 0) is 14.3 Å². The van der Waals surface area contributed by atoms with Crippen LogP contribution in [0.25, 0.3) is 22.2 Å². The summed E-state index contributed by atoms with van der Waals surface area (Å²) in [6, 6.07) is 16.2. The average molecular weight is 421 g/mol. The lowest BCUT2D eigenvalue weighted by Gasteiger charge is -2.12. The number of fused-ring (bicyclic) bond motifs is 1. The number of carbonyl (C=O) groups is 3. The molecule has 0 radical (unpaired) electrons. The molecule has 3 aromatic rings. The highest BCUT2D eigenvalue weighted by atomic mass is 16.5. The fourth-order valence-electron chi connectivity index (χ4n) is 2.85. The van der Waals surface area contributed by atoms with Crippen LogP contribution in [0.15, 0.2) is 54.6 Å². The second kappa shape index (κ2) is 9.71. The van der Waals surface area contributed by atoms with Crippen LogP contribution < -0.4 is 10.1 Å². The van der Waals surface area contributed by atoms with E-state index in [1.807, 2.05) is 30.3 Å². The predicted molar refractivity (Wildman–Crippen MR) is 116 cm³/mol. The first-order valence-electron chi connectivity index (χ1n) is 9.57. The summed E-state index contributed by atoms with van der Waals surface area (Å²) in [4.78, 5) is 42.2. The van der Waals surface area contributed by atoms with E-state index in [2.05, 4.69) is 10.3 Å². The number of nitrogens with zero attached hydrogens (tertiary/aromatic N) is 2. The van der Waals surface area contributed by atoms with Gasteiger partial charge in [0.2, 0.25) is 5.91 Å². The third-order valence-corrected chi connectivity index (χ3v) is 4.59. The molecule has 0 atom stereocenters. The lowest BCUT2D eigenvalue weighted by Crippen LogP contribution is -2.38. The minimum absolute atomic E-state index is 0.164. The van der Waals surface area contributed by atoms with E-state index in [9.17, 15) is 14.4 Å². The monoisotopic (exact) mass is 421 g/mol. The standard InChI is InChI=1S/C23H23N3O5/c1-26(2)22(28)13-24-21(27)14-31-23(29)18-12-20(15-8-10-16(30-3)11-9-15)25-19-7-5-4-6-17(18)19/h4-12H,13-14H2,1-3H3,(H,24,27). The number of esters is 1. The molecule has 3 rings (SSSR count). The number of rotatable bonds is 7. The minimum Gasteiger partial charge on any atom is -0.497 e. The molecule has 1 heterocycles. The number of aromatic nitrogens is 1. The molecule has 0 bridgehead atoms. The molecule has 2 aromatic carbocycles. The average Bonchev–Trinajstić information content (AvgIpc) is 2.80. The van der Waals surface area contributed by atoms with Crippen molar-refractivity contribution in [3.63, 3.8) is 0 Å². The molecule has 160 valence electrons. The number of hydrogen-bond donors (Lipinski definition) is 1. The summed E-state index contributed by atoms with van der Waals surface area (Å²) >= 11 is 0. The van der Waals surface area contributed by atoms with Gasteiger partial charge >= 0.3 is 5.97 Å². The van der Waals surface area contributed by atoms with Crippen molar-refractivity contribution >= 4 is 28.7 Å². The fourth-order valence-corrected chi connectivity index (χ4v) is 2.85. The van der Waals surface area contributed by atoms with Gasteiger partial charge in [0.15, 0.2) is 6.61 Å². The molecular formula is C23H23N3O5. The van der Waals surface area contributed by atoms with Gasteiger partial charge in [0.25, 0.3) is 5.91 Å². The molecule has 1 N–H and O–H groups in total.